The lowest BCUT2D eigenvalue weighted by atomic mass is 9.74. The number of aromatic nitrogens is 3. The Morgan fingerprint density at radius 3 is 2.79 bits per heavy atom. The van der Waals surface area contributed by atoms with E-state index in [0.717, 1.165) is 6.42 Å². The Hall–Kier alpha value is -2.77. The summed E-state index contributed by atoms with van der Waals surface area (Å²) in [5.74, 6) is -1.72. The quantitative estimate of drug-likeness (QED) is 0.837. The van der Waals surface area contributed by atoms with Crippen molar-refractivity contribution >= 4 is 11.9 Å². The molecule has 0 unspecified atom stereocenters. The number of hydrogen-bond acceptors (Lipinski definition) is 4. The molecule has 2 N–H and O–H groups in total. The minimum absolute atomic E-state index is 0.101. The van der Waals surface area contributed by atoms with Gasteiger partial charge in [0.15, 0.2) is 5.69 Å². The van der Waals surface area contributed by atoms with Crippen molar-refractivity contribution in [3.63, 3.8) is 0 Å². The van der Waals surface area contributed by atoms with Crippen LogP contribution in [0, 0.1) is 5.82 Å². The Morgan fingerprint density at radius 2 is 2.17 bits per heavy atom. The van der Waals surface area contributed by atoms with Crippen LogP contribution < -0.4 is 5.32 Å². The average molecular weight is 332 g/mol. The average Bonchev–Trinajstić information content (AvgIpc) is 2.93. The van der Waals surface area contributed by atoms with Gasteiger partial charge >= 0.3 is 5.97 Å². The van der Waals surface area contributed by atoms with E-state index in [1.165, 1.54) is 23.0 Å². The molecule has 0 atom stereocenters. The van der Waals surface area contributed by atoms with Gasteiger partial charge < -0.3 is 10.4 Å². The van der Waals surface area contributed by atoms with Crippen LogP contribution in [0.25, 0.3) is 0 Å². The zero-order valence-electron chi connectivity index (χ0n) is 12.9. The van der Waals surface area contributed by atoms with Crippen molar-refractivity contribution in [1.82, 2.24) is 20.3 Å². The molecule has 1 aliphatic carbocycles. The largest absolute Gasteiger partial charge is 0.481 e. The van der Waals surface area contributed by atoms with Crippen molar-refractivity contribution in [2.45, 2.75) is 37.8 Å². The molecule has 1 aliphatic rings. The molecule has 8 heteroatoms. The fourth-order valence-electron chi connectivity index (χ4n) is 2.85. The first kappa shape index (κ1) is 16.1. The van der Waals surface area contributed by atoms with Crippen LogP contribution in [-0.2, 0) is 11.3 Å². The van der Waals surface area contributed by atoms with Gasteiger partial charge in [0.2, 0.25) is 0 Å². The number of carbonyl (C=O) groups is 2. The molecule has 1 fully saturated rings. The Morgan fingerprint density at radius 1 is 1.38 bits per heavy atom. The molecule has 126 valence electrons. The smallest absolute Gasteiger partial charge is 0.305 e. The van der Waals surface area contributed by atoms with Crippen molar-refractivity contribution < 1.29 is 19.1 Å². The lowest BCUT2D eigenvalue weighted by molar-refractivity contribution is -0.139. The summed E-state index contributed by atoms with van der Waals surface area (Å²) in [6.07, 6.45) is 3.54. The number of rotatable bonds is 6. The van der Waals surface area contributed by atoms with Crippen molar-refractivity contribution in [2.24, 2.45) is 0 Å². The van der Waals surface area contributed by atoms with Crippen molar-refractivity contribution in [2.75, 3.05) is 0 Å². The third-order valence-electron chi connectivity index (χ3n) is 4.18. The highest BCUT2D eigenvalue weighted by atomic mass is 19.1. The van der Waals surface area contributed by atoms with Gasteiger partial charge in [0.1, 0.15) is 5.82 Å². The second kappa shape index (κ2) is 6.38. The number of hydrogen-bond donors (Lipinski definition) is 2. The summed E-state index contributed by atoms with van der Waals surface area (Å²) in [6, 6.07) is 6.09. The highest BCUT2D eigenvalue weighted by molar-refractivity contribution is 5.92. The van der Waals surface area contributed by atoms with Crippen LogP contribution in [0.15, 0.2) is 30.5 Å². The highest BCUT2D eigenvalue weighted by Crippen LogP contribution is 2.35. The van der Waals surface area contributed by atoms with Gasteiger partial charge in [0.25, 0.3) is 5.91 Å². The standard InChI is InChI=1S/C16H17FN4O3/c17-12-4-1-3-11(7-12)9-21-10-13(19-20-21)15(24)18-16(5-2-6-16)8-14(22)23/h1,3-4,7,10H,2,5-6,8-9H2,(H,18,24)(H,22,23). The summed E-state index contributed by atoms with van der Waals surface area (Å²) < 4.78 is 14.6. The van der Waals surface area contributed by atoms with Crippen molar-refractivity contribution in [1.29, 1.82) is 0 Å². The lowest BCUT2D eigenvalue weighted by Crippen LogP contribution is -2.54. The maximum Gasteiger partial charge on any atom is 0.305 e. The molecule has 1 heterocycles. The van der Waals surface area contributed by atoms with Gasteiger partial charge in [-0.3, -0.25) is 9.59 Å². The Balaban J connectivity index is 1.66. The zero-order valence-corrected chi connectivity index (χ0v) is 12.9. The van der Waals surface area contributed by atoms with E-state index in [0.29, 0.717) is 18.4 Å². The first-order valence-corrected chi connectivity index (χ1v) is 7.65. The normalized spacial score (nSPS) is 15.5. The molecule has 0 spiro atoms. The molecule has 0 radical (unpaired) electrons. The number of halogens is 1. The van der Waals surface area contributed by atoms with E-state index in [9.17, 15) is 14.0 Å². The maximum atomic E-state index is 13.2. The molecule has 0 bridgehead atoms. The van der Waals surface area contributed by atoms with Crippen molar-refractivity contribution in [3.05, 3.63) is 47.5 Å². The lowest BCUT2D eigenvalue weighted by Gasteiger charge is -2.41. The fraction of sp³-hybridized carbons (Fsp3) is 0.375. The molecule has 1 amide bonds. The second-order valence-corrected chi connectivity index (χ2v) is 6.09. The van der Waals surface area contributed by atoms with E-state index in [1.807, 2.05) is 0 Å². The highest BCUT2D eigenvalue weighted by Gasteiger charge is 2.40. The molecule has 1 aromatic carbocycles. The molecular weight excluding hydrogens is 315 g/mol. The number of carboxylic acid groups (broad SMARTS) is 1. The third kappa shape index (κ3) is 3.58. The van der Waals surface area contributed by atoms with Gasteiger partial charge in [-0.1, -0.05) is 17.3 Å². The summed E-state index contributed by atoms with van der Waals surface area (Å²) in [4.78, 5) is 23.2. The molecule has 24 heavy (non-hydrogen) atoms. The number of benzene rings is 1. The minimum Gasteiger partial charge on any atom is -0.481 e. The van der Waals surface area contributed by atoms with E-state index in [4.69, 9.17) is 5.11 Å². The van der Waals surface area contributed by atoms with Gasteiger partial charge in [0.05, 0.1) is 24.7 Å². The molecule has 3 rings (SSSR count). The number of carboxylic acids is 1. The van der Waals surface area contributed by atoms with Crippen LogP contribution in [0.3, 0.4) is 0 Å². The Kier molecular flexibility index (Phi) is 4.28. The van der Waals surface area contributed by atoms with Crippen LogP contribution in [0.5, 0.6) is 0 Å². The van der Waals surface area contributed by atoms with E-state index in [-0.39, 0.29) is 24.5 Å². The van der Waals surface area contributed by atoms with Crippen LogP contribution in [0.1, 0.15) is 41.7 Å². The van der Waals surface area contributed by atoms with Gasteiger partial charge in [-0.05, 0) is 37.0 Å². The van der Waals surface area contributed by atoms with Crippen LogP contribution in [0.4, 0.5) is 4.39 Å². The van der Waals surface area contributed by atoms with E-state index >= 15 is 0 Å². The van der Waals surface area contributed by atoms with E-state index in [1.54, 1.807) is 12.1 Å². The van der Waals surface area contributed by atoms with Crippen molar-refractivity contribution in [3.8, 4) is 0 Å². The minimum atomic E-state index is -0.940. The topological polar surface area (TPSA) is 97.1 Å². The molecule has 0 saturated heterocycles. The van der Waals surface area contributed by atoms with E-state index in [2.05, 4.69) is 15.6 Å². The maximum absolute atomic E-state index is 13.2. The number of nitrogens with zero attached hydrogens (tertiary/aromatic N) is 3. The second-order valence-electron chi connectivity index (χ2n) is 6.09. The monoisotopic (exact) mass is 332 g/mol. The van der Waals surface area contributed by atoms with Gasteiger partial charge in [0, 0.05) is 0 Å². The number of carbonyl (C=O) groups excluding carboxylic acids is 1. The molecule has 2 aromatic rings. The number of nitrogens with one attached hydrogen (secondary N) is 1. The number of amides is 1. The Labute approximate surface area is 137 Å². The van der Waals surface area contributed by atoms with Crippen LogP contribution in [0.2, 0.25) is 0 Å². The first-order chi connectivity index (χ1) is 11.5. The molecule has 0 aliphatic heterocycles. The van der Waals surface area contributed by atoms with Crippen LogP contribution >= 0.6 is 0 Å². The van der Waals surface area contributed by atoms with Gasteiger partial charge in [-0.25, -0.2) is 9.07 Å². The Bertz CT molecular complexity index is 770. The molecule has 1 saturated carbocycles. The molecule has 1 aromatic heterocycles. The predicted octanol–water partition coefficient (Wildman–Crippen LogP) is 1.59. The summed E-state index contributed by atoms with van der Waals surface area (Å²) in [7, 11) is 0. The first-order valence-electron chi connectivity index (χ1n) is 7.65. The molecule has 7 nitrogen and oxygen atoms in total. The predicted molar refractivity (Wildman–Crippen MR) is 81.8 cm³/mol. The summed E-state index contributed by atoms with van der Waals surface area (Å²) in [5, 5.41) is 19.4. The summed E-state index contributed by atoms with van der Waals surface area (Å²) in [5.41, 5.74) is 0.131. The SMILES string of the molecule is O=C(O)CC1(NC(=O)c2cn(Cc3cccc(F)c3)nn2)CCC1. The zero-order chi connectivity index (χ0) is 17.2. The van der Waals surface area contributed by atoms with E-state index < -0.39 is 17.4 Å². The summed E-state index contributed by atoms with van der Waals surface area (Å²) in [6.45, 7) is 0.290. The summed E-state index contributed by atoms with van der Waals surface area (Å²) >= 11 is 0. The number of aliphatic carboxylic acids is 1. The third-order valence-corrected chi connectivity index (χ3v) is 4.18. The van der Waals surface area contributed by atoms with Gasteiger partial charge in [-0.15, -0.1) is 5.10 Å². The van der Waals surface area contributed by atoms with Crippen LogP contribution in [-0.4, -0.2) is 37.5 Å². The molecular formula is C16H17FN4O3. The fourth-order valence-corrected chi connectivity index (χ4v) is 2.85. The van der Waals surface area contributed by atoms with Gasteiger partial charge in [-0.2, -0.15) is 0 Å².